The summed E-state index contributed by atoms with van der Waals surface area (Å²) in [6.07, 6.45) is -8.56. The smallest absolute Gasteiger partial charge is 0.202 e. The van der Waals surface area contributed by atoms with Crippen molar-refractivity contribution in [2.24, 2.45) is 0 Å². The summed E-state index contributed by atoms with van der Waals surface area (Å²) in [5.74, 6) is -1.65. The van der Waals surface area contributed by atoms with E-state index in [4.69, 9.17) is 37.9 Å². The lowest BCUT2D eigenvalue weighted by Gasteiger charge is -2.35. The number of phenolic OH excluding ortho intramolecular Hbond substituents is 6. The van der Waals surface area contributed by atoms with Gasteiger partial charge in [0.2, 0.25) is 11.6 Å². The number of ketones is 2. The van der Waals surface area contributed by atoms with E-state index in [1.54, 1.807) is 60.7 Å². The first-order chi connectivity index (χ1) is 33.6. The Kier molecular flexibility index (Phi) is 12.5. The highest BCUT2D eigenvalue weighted by atomic mass is 16.6. The highest BCUT2D eigenvalue weighted by Crippen LogP contribution is 2.48. The number of Topliss-reactive ketones (excluding diaryl/α,β-unsaturated/α-hetero) is 2. The van der Waals surface area contributed by atoms with Crippen molar-refractivity contribution in [3.63, 3.8) is 0 Å². The minimum absolute atomic E-state index is 0.0540. The van der Waals surface area contributed by atoms with Crippen LogP contribution in [-0.2, 0) is 0 Å². The third kappa shape index (κ3) is 8.49. The van der Waals surface area contributed by atoms with Crippen LogP contribution in [0.3, 0.4) is 0 Å². The first kappa shape index (κ1) is 46.8. The maximum absolute atomic E-state index is 12.7. The lowest BCUT2D eigenvalue weighted by atomic mass is 9.92. The van der Waals surface area contributed by atoms with Crippen LogP contribution in [-0.4, -0.2) is 114 Å². The molecule has 0 amide bonds. The molecule has 0 saturated heterocycles. The molecule has 364 valence electrons. The average molecular weight is 965 g/mol. The Bertz CT molecular complexity index is 2810. The molecule has 20 nitrogen and oxygen atoms in total. The van der Waals surface area contributed by atoms with Gasteiger partial charge in [-0.1, -0.05) is 24.3 Å². The number of benzene rings is 6. The fourth-order valence-electron chi connectivity index (χ4n) is 8.56. The minimum Gasteiger partial charge on any atom is -0.508 e. The first-order valence-corrected chi connectivity index (χ1v) is 21.4. The number of hydrogen-bond acceptors (Lipinski definition) is 20. The number of ether oxygens (including phenoxy) is 8. The van der Waals surface area contributed by atoms with E-state index in [2.05, 4.69) is 0 Å². The number of phenols is 6. The molecule has 4 heterocycles. The quantitative estimate of drug-likeness (QED) is 0.0986. The molecule has 0 fully saturated rings. The molecule has 4 aliphatic heterocycles. The van der Waals surface area contributed by atoms with Crippen molar-refractivity contribution in [3.8, 4) is 80.5 Å². The van der Waals surface area contributed by atoms with Gasteiger partial charge in [0.05, 0.1) is 27.4 Å². The monoisotopic (exact) mass is 964 g/mol. The van der Waals surface area contributed by atoms with Crippen molar-refractivity contribution in [2.45, 2.75) is 48.8 Å². The Morgan fingerprint density at radius 3 is 1.14 bits per heavy atom. The second kappa shape index (κ2) is 18.7. The van der Waals surface area contributed by atoms with Crippen molar-refractivity contribution in [3.05, 3.63) is 130 Å². The van der Waals surface area contributed by atoms with Gasteiger partial charge in [0, 0.05) is 35.4 Å². The van der Waals surface area contributed by atoms with Crippen LogP contribution < -0.4 is 37.9 Å². The molecule has 0 radical (unpaired) electrons. The van der Waals surface area contributed by atoms with Crippen LogP contribution in [0, 0.1) is 0 Å². The molecule has 10 rings (SSSR count). The number of rotatable bonds is 8. The molecule has 70 heavy (non-hydrogen) atoms. The van der Waals surface area contributed by atoms with Gasteiger partial charge in [0.25, 0.3) is 0 Å². The van der Waals surface area contributed by atoms with Crippen LogP contribution in [0.4, 0.5) is 0 Å². The Morgan fingerprint density at radius 2 is 0.771 bits per heavy atom. The van der Waals surface area contributed by atoms with Crippen molar-refractivity contribution < 1.29 is 98.5 Å². The molecule has 4 aliphatic rings. The van der Waals surface area contributed by atoms with Gasteiger partial charge in [0.15, 0.2) is 94.8 Å². The summed E-state index contributed by atoms with van der Waals surface area (Å²) < 4.78 is 46.0. The number of aromatic hydroxyl groups is 6. The lowest BCUT2D eigenvalue weighted by Crippen LogP contribution is -2.37. The molecule has 20 heteroatoms. The summed E-state index contributed by atoms with van der Waals surface area (Å²) in [7, 11) is 2.83. The Hall–Kier alpha value is -8.30. The summed E-state index contributed by atoms with van der Waals surface area (Å²) in [5, 5.41) is 100. The number of aliphatic hydroxyl groups excluding tert-OH is 4. The van der Waals surface area contributed by atoms with E-state index in [-0.39, 0.29) is 81.8 Å². The van der Waals surface area contributed by atoms with Gasteiger partial charge < -0.3 is 89.0 Å². The molecule has 0 aromatic heterocycles. The van der Waals surface area contributed by atoms with Gasteiger partial charge in [-0.25, -0.2) is 0 Å². The second-order valence-corrected chi connectivity index (χ2v) is 16.4. The number of carbonyl (C=O) groups excluding carboxylic acids is 2. The molecular weight excluding hydrogens is 921 g/mol. The van der Waals surface area contributed by atoms with Gasteiger partial charge in [-0.05, 0) is 59.7 Å². The molecular formula is C50H44O20. The molecule has 6 aromatic carbocycles. The van der Waals surface area contributed by atoms with E-state index >= 15 is 0 Å². The fraction of sp³-hybridized carbons (Fsp3) is 0.240. The van der Waals surface area contributed by atoms with Gasteiger partial charge >= 0.3 is 0 Å². The average Bonchev–Trinajstić information content (AvgIpc) is 3.35. The summed E-state index contributed by atoms with van der Waals surface area (Å²) in [4.78, 5) is 25.5. The zero-order valence-corrected chi connectivity index (χ0v) is 36.8. The van der Waals surface area contributed by atoms with E-state index in [0.29, 0.717) is 33.8 Å². The third-order valence-corrected chi connectivity index (χ3v) is 12.0. The normalized spacial score (nSPS) is 22.8. The van der Waals surface area contributed by atoms with Crippen molar-refractivity contribution in [1.82, 2.24) is 0 Å². The Balaban J connectivity index is 0.000000174. The standard InChI is InChI=1S/2C25H22O10/c2*1-32-17-6-11(2-4-14(17)28)24-20(10-26)33-16-5-3-12(7-18(16)34-24)25-23(31)22(30)21-15(29)8-13(27)9-19(21)35-25/h2*2-9,20,23-29,31H,10H2,1H3/t20?,23-,24+,25?;20?,23-,24-,25?/m00/s1. The van der Waals surface area contributed by atoms with Gasteiger partial charge in [-0.3, -0.25) is 9.59 Å². The molecule has 10 N–H and O–H groups in total. The highest BCUT2D eigenvalue weighted by Gasteiger charge is 2.43. The first-order valence-electron chi connectivity index (χ1n) is 21.4. The molecule has 0 saturated carbocycles. The lowest BCUT2D eigenvalue weighted by molar-refractivity contribution is -0.0130. The van der Waals surface area contributed by atoms with Crippen LogP contribution in [0.15, 0.2) is 97.1 Å². The van der Waals surface area contributed by atoms with E-state index in [1.165, 1.54) is 38.5 Å². The topological polar surface area (TPSA) is 310 Å². The number of methoxy groups -OCH3 is 2. The van der Waals surface area contributed by atoms with Crippen LogP contribution in [0.5, 0.6) is 80.5 Å². The molecule has 8 atom stereocenters. The van der Waals surface area contributed by atoms with E-state index in [0.717, 1.165) is 12.1 Å². The van der Waals surface area contributed by atoms with Crippen molar-refractivity contribution in [1.29, 1.82) is 0 Å². The molecule has 6 aromatic rings. The van der Waals surface area contributed by atoms with Crippen LogP contribution in [0.25, 0.3) is 0 Å². The summed E-state index contributed by atoms with van der Waals surface area (Å²) in [6.45, 7) is -0.699. The number of hydrogen-bond donors (Lipinski definition) is 10. The zero-order valence-electron chi connectivity index (χ0n) is 36.8. The van der Waals surface area contributed by atoms with Gasteiger partial charge in [-0.15, -0.1) is 0 Å². The van der Waals surface area contributed by atoms with Crippen molar-refractivity contribution in [2.75, 3.05) is 27.4 Å². The van der Waals surface area contributed by atoms with E-state index in [1.807, 2.05) is 0 Å². The SMILES string of the molecule is COc1cc([C@@H]2Oc3cc(C4Oc5cc(O)cc(O)c5C(=O)[C@@H]4O)ccc3OC2CO)ccc1O.COc1cc([C@H]2Oc3cc(C4Oc5cc(O)cc(O)c5C(=O)[C@@H]4O)ccc3OC2CO)ccc1O. The molecule has 0 spiro atoms. The van der Waals surface area contributed by atoms with Crippen LogP contribution >= 0.6 is 0 Å². The summed E-state index contributed by atoms with van der Waals surface area (Å²) >= 11 is 0. The maximum atomic E-state index is 12.7. The molecule has 0 bridgehead atoms. The summed E-state index contributed by atoms with van der Waals surface area (Å²) in [6, 6.07) is 23.0. The summed E-state index contributed by atoms with van der Waals surface area (Å²) in [5.41, 5.74) is 1.50. The molecule has 0 aliphatic carbocycles. The largest absolute Gasteiger partial charge is 0.508 e. The van der Waals surface area contributed by atoms with Gasteiger partial charge in [0.1, 0.15) is 45.6 Å². The predicted molar refractivity (Wildman–Crippen MR) is 239 cm³/mol. The number of fused-ring (bicyclic) bond motifs is 4. The van der Waals surface area contributed by atoms with E-state index < -0.39 is 71.9 Å². The van der Waals surface area contributed by atoms with Crippen molar-refractivity contribution >= 4 is 11.6 Å². The van der Waals surface area contributed by atoms with E-state index in [9.17, 15) is 60.7 Å². The van der Waals surface area contributed by atoms with Gasteiger partial charge in [-0.2, -0.15) is 0 Å². The fourth-order valence-corrected chi connectivity index (χ4v) is 8.56. The van der Waals surface area contributed by atoms with Crippen LogP contribution in [0.1, 0.15) is 67.4 Å². The minimum atomic E-state index is -1.62. The highest BCUT2D eigenvalue weighted by molar-refractivity contribution is 6.06. The predicted octanol–water partition coefficient (Wildman–Crippen LogP) is 4.73. The number of carbonyl (C=O) groups is 2. The Labute approximate surface area is 396 Å². The maximum Gasteiger partial charge on any atom is 0.202 e. The third-order valence-electron chi connectivity index (χ3n) is 12.0. The van der Waals surface area contributed by atoms with Crippen LogP contribution in [0.2, 0.25) is 0 Å². The Morgan fingerprint density at radius 1 is 0.414 bits per heavy atom. The second-order valence-electron chi connectivity index (χ2n) is 16.4. The zero-order chi connectivity index (χ0) is 49.7. The number of aliphatic hydroxyl groups is 4. The molecule has 4 unspecified atom stereocenters.